The minimum Gasteiger partial charge on any atom is -0.493 e. The number of allylic oxidation sites excluding steroid dienone is 2. The van der Waals surface area contributed by atoms with E-state index in [1.54, 1.807) is 49.9 Å². The molecule has 0 saturated heterocycles. The second-order valence-corrected chi connectivity index (χ2v) is 7.06. The van der Waals surface area contributed by atoms with Gasteiger partial charge >= 0.3 is 0 Å². The van der Waals surface area contributed by atoms with Crippen LogP contribution in [0.5, 0.6) is 23.1 Å². The highest BCUT2D eigenvalue weighted by atomic mass is 16.6. The van der Waals surface area contributed by atoms with E-state index >= 15 is 0 Å². The van der Waals surface area contributed by atoms with Crippen LogP contribution in [0, 0.1) is 0 Å². The van der Waals surface area contributed by atoms with E-state index in [-0.39, 0.29) is 17.4 Å². The van der Waals surface area contributed by atoms with Crippen LogP contribution in [-0.4, -0.2) is 31.0 Å². The number of benzene rings is 1. The van der Waals surface area contributed by atoms with Gasteiger partial charge in [0, 0.05) is 32.6 Å². The minimum atomic E-state index is -2.11. The number of hydrogen-bond acceptors (Lipinski definition) is 8. The van der Waals surface area contributed by atoms with Gasteiger partial charge in [-0.1, -0.05) is 0 Å². The highest BCUT2D eigenvalue weighted by molar-refractivity contribution is 5.56. The number of dihydropyridines is 1. The van der Waals surface area contributed by atoms with Crippen LogP contribution in [-0.2, 0) is 6.37 Å². The van der Waals surface area contributed by atoms with Crippen LogP contribution in [0.4, 0.5) is 0 Å². The van der Waals surface area contributed by atoms with Crippen molar-refractivity contribution in [2.24, 2.45) is 11.5 Å². The Morgan fingerprint density at radius 2 is 2.10 bits per heavy atom. The molecule has 8 nitrogen and oxygen atoms in total. The van der Waals surface area contributed by atoms with Crippen LogP contribution in [0.2, 0.25) is 0 Å². The molecule has 2 aliphatic heterocycles. The topological polar surface area (TPSA) is 114 Å². The monoisotopic (exact) mass is 412 g/mol. The third-order valence-corrected chi connectivity index (χ3v) is 5.00. The molecule has 2 aliphatic rings. The van der Waals surface area contributed by atoms with Gasteiger partial charge in [0.05, 0.1) is 14.2 Å². The summed E-state index contributed by atoms with van der Waals surface area (Å²) in [6.45, 7) is 1.87. The lowest BCUT2D eigenvalue weighted by molar-refractivity contribution is 0.0277. The maximum absolute atomic E-state index is 8.79. The molecule has 0 aliphatic carbocycles. The number of nitrogens with one attached hydrogen (secondary N) is 1. The molecule has 5 N–H and O–H groups in total. The molecule has 1 unspecified atom stereocenters. The van der Waals surface area contributed by atoms with E-state index in [0.717, 1.165) is 5.56 Å². The summed E-state index contributed by atoms with van der Waals surface area (Å²) in [6.07, 6.45) is 3.53. The van der Waals surface area contributed by atoms with Crippen LogP contribution < -0.4 is 35.7 Å². The lowest BCUT2D eigenvalue weighted by Crippen LogP contribution is -2.57. The molecular formula is C22H26N4O4. The number of nitrogens with zero attached hydrogens (tertiary/aromatic N) is 1. The van der Waals surface area contributed by atoms with Gasteiger partial charge in [-0.3, -0.25) is 0 Å². The summed E-state index contributed by atoms with van der Waals surface area (Å²) in [7, 11) is 3.03. The third-order valence-electron chi connectivity index (χ3n) is 5.00. The maximum atomic E-state index is 8.79. The number of aromatic nitrogens is 1. The fraction of sp³-hybridized carbons (Fsp3) is 0.318. The van der Waals surface area contributed by atoms with Gasteiger partial charge in [-0.2, -0.15) is 0 Å². The van der Waals surface area contributed by atoms with Crippen molar-refractivity contribution in [1.29, 1.82) is 0 Å². The zero-order valence-electron chi connectivity index (χ0n) is 19.0. The van der Waals surface area contributed by atoms with Crippen molar-refractivity contribution in [1.82, 2.24) is 10.3 Å². The summed E-state index contributed by atoms with van der Waals surface area (Å²) in [5.74, 6) is 1.54. The standard InChI is InChI=1S/C22H26N4O4/c1-13-20(15-6-7-19(28-3)25-12-15)30-21-16(27-2)9-14(10-17(21)29-13)11-22(24)18(23)5-4-8-26-22/h4-10,12-13,20,26H,11,23-24H2,1-3H3/t13-,20+,22?/m0/s1/i11D2. The number of fused-ring (bicyclic) bond motifs is 1. The molecule has 0 bridgehead atoms. The molecule has 30 heavy (non-hydrogen) atoms. The summed E-state index contributed by atoms with van der Waals surface area (Å²) in [6, 6.07) is 6.72. The molecule has 0 radical (unpaired) electrons. The van der Waals surface area contributed by atoms with Gasteiger partial charge in [0.2, 0.25) is 11.6 Å². The SMILES string of the molecule is [2H]C([2H])(c1cc(OC)c2c(c1)O[C@@H](C)[C@H](c1ccc(OC)nc1)O2)C1(N)NC=CC=C1N. The Labute approximate surface area is 178 Å². The Bertz CT molecular complexity index is 1070. The molecule has 0 spiro atoms. The molecule has 1 aromatic carbocycles. The Morgan fingerprint density at radius 1 is 1.27 bits per heavy atom. The first-order chi connectivity index (χ1) is 15.2. The van der Waals surface area contributed by atoms with Gasteiger partial charge in [0.1, 0.15) is 11.8 Å². The molecule has 8 heteroatoms. The lowest BCUT2D eigenvalue weighted by atomic mass is 9.94. The average Bonchev–Trinajstić information content (AvgIpc) is 2.79. The first kappa shape index (κ1) is 17.5. The van der Waals surface area contributed by atoms with Gasteiger partial charge in [-0.25, -0.2) is 4.98 Å². The highest BCUT2D eigenvalue weighted by Gasteiger charge is 2.34. The quantitative estimate of drug-likeness (QED) is 0.685. The normalized spacial score (nSPS) is 26.1. The summed E-state index contributed by atoms with van der Waals surface area (Å²) in [5.41, 5.74) is 12.0. The van der Waals surface area contributed by atoms with Gasteiger partial charge < -0.3 is 35.7 Å². The second-order valence-electron chi connectivity index (χ2n) is 7.06. The van der Waals surface area contributed by atoms with E-state index in [2.05, 4.69) is 10.3 Å². The summed E-state index contributed by atoms with van der Waals surface area (Å²) in [4.78, 5) is 4.24. The number of nitrogens with two attached hydrogens (primary N) is 2. The van der Waals surface area contributed by atoms with Gasteiger partial charge in [-0.05, 0) is 49.0 Å². The van der Waals surface area contributed by atoms with Crippen LogP contribution in [0.15, 0.2) is 54.5 Å². The van der Waals surface area contributed by atoms with Crippen LogP contribution in [0.1, 0.15) is 26.9 Å². The van der Waals surface area contributed by atoms with Crippen LogP contribution >= 0.6 is 0 Å². The predicted molar refractivity (Wildman–Crippen MR) is 112 cm³/mol. The third kappa shape index (κ3) is 3.61. The number of ether oxygens (including phenoxy) is 4. The van der Waals surface area contributed by atoms with Crippen molar-refractivity contribution in [2.75, 3.05) is 14.2 Å². The maximum Gasteiger partial charge on any atom is 0.212 e. The lowest BCUT2D eigenvalue weighted by Gasteiger charge is -2.35. The van der Waals surface area contributed by atoms with E-state index in [9.17, 15) is 0 Å². The Balaban J connectivity index is 1.72. The first-order valence-corrected chi connectivity index (χ1v) is 9.46. The molecular weight excluding hydrogens is 384 g/mol. The van der Waals surface area contributed by atoms with Gasteiger partial charge in [0.25, 0.3) is 0 Å². The highest BCUT2D eigenvalue weighted by Crippen LogP contribution is 2.46. The fourth-order valence-electron chi connectivity index (χ4n) is 3.39. The van der Waals surface area contributed by atoms with Crippen molar-refractivity contribution in [3.8, 4) is 23.1 Å². The molecule has 3 atom stereocenters. The van der Waals surface area contributed by atoms with Crippen molar-refractivity contribution >= 4 is 0 Å². The molecule has 0 amide bonds. The van der Waals surface area contributed by atoms with Crippen molar-refractivity contribution in [3.05, 3.63) is 65.6 Å². The molecule has 4 rings (SSSR count). The Hall–Kier alpha value is -3.39. The van der Waals surface area contributed by atoms with Crippen LogP contribution in [0.3, 0.4) is 0 Å². The Morgan fingerprint density at radius 3 is 2.77 bits per heavy atom. The smallest absolute Gasteiger partial charge is 0.212 e. The number of hydrogen-bond donors (Lipinski definition) is 3. The molecule has 0 fully saturated rings. The first-order valence-electron chi connectivity index (χ1n) is 10.5. The molecule has 3 heterocycles. The zero-order chi connectivity index (χ0) is 23.1. The average molecular weight is 412 g/mol. The van der Waals surface area contributed by atoms with Crippen molar-refractivity contribution in [2.45, 2.75) is 31.2 Å². The van der Waals surface area contributed by atoms with Crippen molar-refractivity contribution in [3.63, 3.8) is 0 Å². The van der Waals surface area contributed by atoms with Crippen molar-refractivity contribution < 1.29 is 21.7 Å². The largest absolute Gasteiger partial charge is 0.493 e. The van der Waals surface area contributed by atoms with E-state index in [4.69, 9.17) is 33.2 Å². The van der Waals surface area contributed by atoms with E-state index < -0.39 is 18.1 Å². The predicted octanol–water partition coefficient (Wildman–Crippen LogP) is 2.16. The number of rotatable bonds is 5. The summed E-state index contributed by atoms with van der Waals surface area (Å²) < 4.78 is 40.6. The van der Waals surface area contributed by atoms with E-state index in [0.29, 0.717) is 23.1 Å². The van der Waals surface area contributed by atoms with E-state index in [1.165, 1.54) is 7.11 Å². The zero-order valence-corrected chi connectivity index (χ0v) is 17.0. The molecule has 1 aromatic heterocycles. The molecule has 158 valence electrons. The van der Waals surface area contributed by atoms with Gasteiger partial charge in [-0.15, -0.1) is 0 Å². The summed E-state index contributed by atoms with van der Waals surface area (Å²) in [5, 5.41) is 2.85. The van der Waals surface area contributed by atoms with E-state index in [1.807, 2.05) is 13.0 Å². The van der Waals surface area contributed by atoms with Gasteiger partial charge in [0.15, 0.2) is 17.6 Å². The molecule has 2 aromatic rings. The summed E-state index contributed by atoms with van der Waals surface area (Å²) >= 11 is 0. The second kappa shape index (κ2) is 7.79. The molecule has 0 saturated carbocycles. The number of pyridine rings is 1. The number of methoxy groups -OCH3 is 2. The fourth-order valence-corrected chi connectivity index (χ4v) is 3.39. The van der Waals surface area contributed by atoms with Crippen LogP contribution in [0.25, 0.3) is 0 Å². The minimum absolute atomic E-state index is 0.166. The Kier molecular flexibility index (Phi) is 4.54.